The minimum Gasteiger partial charge on any atom is -0.456 e. The predicted octanol–water partition coefficient (Wildman–Crippen LogP) is 2.23. The molecule has 2 N–H and O–H groups in total. The summed E-state index contributed by atoms with van der Waals surface area (Å²) in [5.74, 6) is -0.447. The van der Waals surface area contributed by atoms with Crippen molar-refractivity contribution in [2.75, 3.05) is 5.73 Å². The van der Waals surface area contributed by atoms with E-state index in [2.05, 4.69) is 5.10 Å². The number of hydrogen-bond acceptors (Lipinski definition) is 4. The Morgan fingerprint density at radius 2 is 2.00 bits per heavy atom. The van der Waals surface area contributed by atoms with Gasteiger partial charge in [-0.2, -0.15) is 5.10 Å². The number of nitrogens with two attached hydrogens (primary N) is 1. The van der Waals surface area contributed by atoms with E-state index >= 15 is 0 Å². The Balaban J connectivity index is 2.09. The second kappa shape index (κ2) is 5.77. The molecule has 0 amide bonds. The van der Waals surface area contributed by atoms with Gasteiger partial charge >= 0.3 is 5.97 Å². The van der Waals surface area contributed by atoms with Gasteiger partial charge in [-0.1, -0.05) is 36.8 Å². The Morgan fingerprint density at radius 1 is 1.35 bits per heavy atom. The number of carbonyl (C=O) groups excluding carboxylic acids is 1. The molecular weight excluding hydrogens is 254 g/mol. The van der Waals surface area contributed by atoms with Gasteiger partial charge in [0.1, 0.15) is 6.61 Å². The Labute approximate surface area is 118 Å². The standard InChI is InChI=1S/C15H19N3O2/c1-4-12-13(16)14(18(3)17-12)15(19)20-9-11-7-5-10(2)6-8-11/h5-8H,4,9,16H2,1-3H3. The monoisotopic (exact) mass is 273 g/mol. The van der Waals surface area contributed by atoms with Crippen LogP contribution in [0.15, 0.2) is 24.3 Å². The first kappa shape index (κ1) is 14.1. The van der Waals surface area contributed by atoms with Crippen LogP contribution in [0, 0.1) is 6.92 Å². The fourth-order valence-corrected chi connectivity index (χ4v) is 2.00. The van der Waals surface area contributed by atoms with E-state index in [-0.39, 0.29) is 6.61 Å². The Kier molecular flexibility index (Phi) is 4.08. The number of ether oxygens (including phenoxy) is 1. The summed E-state index contributed by atoms with van der Waals surface area (Å²) >= 11 is 0. The van der Waals surface area contributed by atoms with Gasteiger partial charge < -0.3 is 10.5 Å². The summed E-state index contributed by atoms with van der Waals surface area (Å²) in [5, 5.41) is 4.21. The number of nitrogen functional groups attached to an aromatic ring is 1. The number of aromatic nitrogens is 2. The van der Waals surface area contributed by atoms with Gasteiger partial charge in [0.05, 0.1) is 11.4 Å². The highest BCUT2D eigenvalue weighted by molar-refractivity contribution is 5.93. The number of anilines is 1. The van der Waals surface area contributed by atoms with Gasteiger partial charge in [-0.05, 0) is 18.9 Å². The SMILES string of the molecule is CCc1nn(C)c(C(=O)OCc2ccc(C)cc2)c1N. The van der Waals surface area contributed by atoms with E-state index in [9.17, 15) is 4.79 Å². The van der Waals surface area contributed by atoms with Crippen molar-refractivity contribution >= 4 is 11.7 Å². The molecule has 2 rings (SSSR count). The molecule has 1 heterocycles. The third-order valence-electron chi connectivity index (χ3n) is 3.18. The molecule has 106 valence electrons. The van der Waals surface area contributed by atoms with Crippen LogP contribution < -0.4 is 5.73 Å². The largest absolute Gasteiger partial charge is 0.456 e. The Morgan fingerprint density at radius 3 is 2.55 bits per heavy atom. The normalized spacial score (nSPS) is 10.6. The minimum atomic E-state index is -0.447. The fraction of sp³-hybridized carbons (Fsp3) is 0.333. The van der Waals surface area contributed by atoms with Crippen LogP contribution in [0.2, 0.25) is 0 Å². The lowest BCUT2D eigenvalue weighted by atomic mass is 10.2. The number of benzene rings is 1. The van der Waals surface area contributed by atoms with Gasteiger partial charge in [0.25, 0.3) is 0 Å². The molecule has 2 aromatic rings. The first-order valence-corrected chi connectivity index (χ1v) is 6.57. The summed E-state index contributed by atoms with van der Waals surface area (Å²) in [6.45, 7) is 4.18. The molecule has 0 atom stereocenters. The molecule has 5 nitrogen and oxygen atoms in total. The molecule has 0 bridgehead atoms. The smallest absolute Gasteiger partial charge is 0.359 e. The van der Waals surface area contributed by atoms with Crippen molar-refractivity contribution in [1.29, 1.82) is 0 Å². The summed E-state index contributed by atoms with van der Waals surface area (Å²) in [4.78, 5) is 12.1. The van der Waals surface area contributed by atoms with Crippen molar-refractivity contribution in [1.82, 2.24) is 9.78 Å². The number of carbonyl (C=O) groups is 1. The molecule has 1 aromatic heterocycles. The average Bonchev–Trinajstić information content (AvgIpc) is 2.72. The number of rotatable bonds is 4. The van der Waals surface area contributed by atoms with Crippen LogP contribution >= 0.6 is 0 Å². The zero-order chi connectivity index (χ0) is 14.7. The molecule has 0 spiro atoms. The lowest BCUT2D eigenvalue weighted by Gasteiger charge is -2.06. The second-order valence-corrected chi connectivity index (χ2v) is 4.75. The van der Waals surface area contributed by atoms with Gasteiger partial charge in [-0.25, -0.2) is 4.79 Å². The molecule has 20 heavy (non-hydrogen) atoms. The molecule has 0 aliphatic carbocycles. The predicted molar refractivity (Wildman–Crippen MR) is 77.3 cm³/mol. The van der Waals surface area contributed by atoms with E-state index in [1.807, 2.05) is 38.1 Å². The third kappa shape index (κ3) is 2.82. The molecule has 0 aliphatic rings. The molecule has 0 unspecified atom stereocenters. The van der Waals surface area contributed by atoms with Gasteiger partial charge in [-0.3, -0.25) is 4.68 Å². The van der Waals surface area contributed by atoms with Crippen LogP contribution in [0.5, 0.6) is 0 Å². The highest BCUT2D eigenvalue weighted by Crippen LogP contribution is 2.18. The van der Waals surface area contributed by atoms with Gasteiger partial charge in [0.15, 0.2) is 5.69 Å². The van der Waals surface area contributed by atoms with E-state index in [1.165, 1.54) is 10.2 Å². The molecule has 0 aliphatic heterocycles. The van der Waals surface area contributed by atoms with Crippen LogP contribution in [0.25, 0.3) is 0 Å². The number of esters is 1. The van der Waals surface area contributed by atoms with E-state index in [4.69, 9.17) is 10.5 Å². The van der Waals surface area contributed by atoms with E-state index in [0.29, 0.717) is 17.8 Å². The summed E-state index contributed by atoms with van der Waals surface area (Å²) in [7, 11) is 1.69. The lowest BCUT2D eigenvalue weighted by molar-refractivity contribution is 0.0461. The van der Waals surface area contributed by atoms with Gasteiger partial charge in [-0.15, -0.1) is 0 Å². The molecule has 0 fully saturated rings. The van der Waals surface area contributed by atoms with Gasteiger partial charge in [0.2, 0.25) is 0 Å². The van der Waals surface area contributed by atoms with Crippen molar-refractivity contribution < 1.29 is 9.53 Å². The van der Waals surface area contributed by atoms with Crippen LogP contribution in [0.3, 0.4) is 0 Å². The maximum atomic E-state index is 12.1. The Hall–Kier alpha value is -2.30. The zero-order valence-corrected chi connectivity index (χ0v) is 12.0. The molecule has 0 radical (unpaired) electrons. The quantitative estimate of drug-likeness (QED) is 0.867. The van der Waals surface area contributed by atoms with Crippen LogP contribution in [-0.4, -0.2) is 15.7 Å². The number of aryl methyl sites for hydroxylation is 3. The van der Waals surface area contributed by atoms with Crippen molar-refractivity contribution in [2.24, 2.45) is 7.05 Å². The van der Waals surface area contributed by atoms with Crippen LogP contribution in [0.1, 0.15) is 34.2 Å². The van der Waals surface area contributed by atoms with Crippen LogP contribution in [0.4, 0.5) is 5.69 Å². The zero-order valence-electron chi connectivity index (χ0n) is 12.0. The average molecular weight is 273 g/mol. The molecule has 0 saturated heterocycles. The molecule has 5 heteroatoms. The van der Waals surface area contributed by atoms with Crippen molar-refractivity contribution in [3.63, 3.8) is 0 Å². The molecule has 0 saturated carbocycles. The second-order valence-electron chi connectivity index (χ2n) is 4.75. The first-order chi connectivity index (χ1) is 9.52. The first-order valence-electron chi connectivity index (χ1n) is 6.57. The van der Waals surface area contributed by atoms with Crippen molar-refractivity contribution in [2.45, 2.75) is 26.9 Å². The Bertz CT molecular complexity index is 615. The lowest BCUT2D eigenvalue weighted by Crippen LogP contribution is -2.12. The topological polar surface area (TPSA) is 70.1 Å². The number of nitrogens with zero attached hydrogens (tertiary/aromatic N) is 2. The summed E-state index contributed by atoms with van der Waals surface area (Å²) in [5.41, 5.74) is 9.47. The summed E-state index contributed by atoms with van der Waals surface area (Å²) in [6, 6.07) is 7.84. The summed E-state index contributed by atoms with van der Waals surface area (Å²) < 4.78 is 6.77. The minimum absolute atomic E-state index is 0.227. The highest BCUT2D eigenvalue weighted by atomic mass is 16.5. The van der Waals surface area contributed by atoms with E-state index in [1.54, 1.807) is 7.05 Å². The van der Waals surface area contributed by atoms with E-state index in [0.717, 1.165) is 11.3 Å². The van der Waals surface area contributed by atoms with Crippen LogP contribution in [-0.2, 0) is 24.8 Å². The highest BCUT2D eigenvalue weighted by Gasteiger charge is 2.20. The van der Waals surface area contributed by atoms with Gasteiger partial charge in [0, 0.05) is 7.05 Å². The summed E-state index contributed by atoms with van der Waals surface area (Å²) in [6.07, 6.45) is 0.685. The maximum Gasteiger partial charge on any atom is 0.359 e. The third-order valence-corrected chi connectivity index (χ3v) is 3.18. The van der Waals surface area contributed by atoms with Crippen molar-refractivity contribution in [3.05, 3.63) is 46.8 Å². The van der Waals surface area contributed by atoms with Crippen molar-refractivity contribution in [3.8, 4) is 0 Å². The fourth-order valence-electron chi connectivity index (χ4n) is 2.00. The molecular formula is C15H19N3O2. The molecule has 1 aromatic carbocycles. The maximum absolute atomic E-state index is 12.1. The number of hydrogen-bond donors (Lipinski definition) is 1. The van der Waals surface area contributed by atoms with E-state index < -0.39 is 5.97 Å².